The number of likely N-dealkylation sites (tertiary alicyclic amines) is 1. The zero-order valence-electron chi connectivity index (χ0n) is 10.9. The maximum atomic E-state index is 12.5. The molecule has 3 nitrogen and oxygen atoms in total. The number of carbonyl (C=O) groups is 1. The maximum Gasteiger partial charge on any atom is 0.226 e. The molecule has 2 fully saturated rings. The van der Waals surface area contributed by atoms with Crippen LogP contribution in [-0.2, 0) is 4.79 Å². The van der Waals surface area contributed by atoms with Gasteiger partial charge in [0.15, 0.2) is 0 Å². The molecule has 4 atom stereocenters. The topological polar surface area (TPSA) is 46.3 Å². The van der Waals surface area contributed by atoms with E-state index in [2.05, 4.69) is 18.7 Å². The molecule has 1 saturated heterocycles. The Bertz CT molecular complexity index is 262. The van der Waals surface area contributed by atoms with Crippen LogP contribution in [0.3, 0.4) is 0 Å². The minimum Gasteiger partial charge on any atom is -0.337 e. The zero-order chi connectivity index (χ0) is 11.7. The number of rotatable bonds is 2. The van der Waals surface area contributed by atoms with Crippen LogP contribution in [-0.4, -0.2) is 29.4 Å². The van der Waals surface area contributed by atoms with Crippen molar-refractivity contribution in [1.29, 1.82) is 0 Å². The summed E-state index contributed by atoms with van der Waals surface area (Å²) in [6.07, 6.45) is 5.69. The van der Waals surface area contributed by atoms with E-state index in [1.807, 2.05) is 0 Å². The highest BCUT2D eigenvalue weighted by atomic mass is 35.5. The van der Waals surface area contributed by atoms with E-state index < -0.39 is 0 Å². The molecule has 0 spiro atoms. The molecule has 2 aliphatic rings. The summed E-state index contributed by atoms with van der Waals surface area (Å²) in [6.45, 7) is 5.02. The fraction of sp³-hybridized carbons (Fsp3) is 0.923. The first kappa shape index (κ1) is 14.8. The van der Waals surface area contributed by atoms with Gasteiger partial charge in [0.05, 0.1) is 0 Å². The van der Waals surface area contributed by atoms with Crippen molar-refractivity contribution in [3.05, 3.63) is 0 Å². The standard InChI is InChI=1S/C13H24N2O.ClH/c1-9-6-7-10(2)15(9)13(16)12-5-3-4-11(12)8-14;/h9-12H,3-8,14H2,1-2H3;1H/t9?,10?,11-,12-;/m1./s1. The van der Waals surface area contributed by atoms with Crippen LogP contribution in [0.25, 0.3) is 0 Å². The van der Waals surface area contributed by atoms with Crippen molar-refractivity contribution < 1.29 is 4.79 Å². The highest BCUT2D eigenvalue weighted by molar-refractivity contribution is 5.85. The van der Waals surface area contributed by atoms with Crippen molar-refractivity contribution in [2.45, 2.75) is 58.0 Å². The van der Waals surface area contributed by atoms with E-state index in [9.17, 15) is 4.79 Å². The van der Waals surface area contributed by atoms with Gasteiger partial charge in [0.25, 0.3) is 0 Å². The van der Waals surface area contributed by atoms with E-state index in [1.165, 1.54) is 6.42 Å². The van der Waals surface area contributed by atoms with E-state index in [1.54, 1.807) is 0 Å². The zero-order valence-corrected chi connectivity index (χ0v) is 11.7. The summed E-state index contributed by atoms with van der Waals surface area (Å²) in [5.74, 6) is 1.03. The lowest BCUT2D eigenvalue weighted by Crippen LogP contribution is -2.44. The highest BCUT2D eigenvalue weighted by Gasteiger charge is 2.39. The van der Waals surface area contributed by atoms with Gasteiger partial charge in [-0.1, -0.05) is 6.42 Å². The normalized spacial score (nSPS) is 37.0. The van der Waals surface area contributed by atoms with E-state index in [-0.39, 0.29) is 18.3 Å². The van der Waals surface area contributed by atoms with E-state index >= 15 is 0 Å². The molecule has 4 heteroatoms. The van der Waals surface area contributed by atoms with Crippen LogP contribution >= 0.6 is 12.4 Å². The first-order valence-electron chi connectivity index (χ1n) is 6.67. The van der Waals surface area contributed by atoms with Crippen molar-refractivity contribution in [2.24, 2.45) is 17.6 Å². The molecule has 0 aromatic rings. The lowest BCUT2D eigenvalue weighted by Gasteiger charge is -2.31. The van der Waals surface area contributed by atoms with Gasteiger partial charge in [-0.25, -0.2) is 0 Å². The van der Waals surface area contributed by atoms with Gasteiger partial charge in [-0.05, 0) is 52.0 Å². The number of hydrogen-bond donors (Lipinski definition) is 1. The SMILES string of the molecule is CC1CCC(C)N1C(=O)[C@@H]1CCC[C@@H]1CN.Cl. The second-order valence-corrected chi connectivity index (χ2v) is 5.55. The molecule has 2 unspecified atom stereocenters. The van der Waals surface area contributed by atoms with Crippen molar-refractivity contribution in [3.8, 4) is 0 Å². The van der Waals surface area contributed by atoms with Gasteiger partial charge >= 0.3 is 0 Å². The second-order valence-electron chi connectivity index (χ2n) is 5.55. The Labute approximate surface area is 111 Å². The van der Waals surface area contributed by atoms with Crippen molar-refractivity contribution >= 4 is 18.3 Å². The molecule has 100 valence electrons. The van der Waals surface area contributed by atoms with Crippen molar-refractivity contribution in [2.75, 3.05) is 6.54 Å². The summed E-state index contributed by atoms with van der Waals surface area (Å²) < 4.78 is 0. The quantitative estimate of drug-likeness (QED) is 0.827. The van der Waals surface area contributed by atoms with E-state index in [0.29, 0.717) is 30.5 Å². The lowest BCUT2D eigenvalue weighted by atomic mass is 9.94. The Hall–Kier alpha value is -0.280. The molecular weight excluding hydrogens is 236 g/mol. The Morgan fingerprint density at radius 1 is 1.18 bits per heavy atom. The molecule has 17 heavy (non-hydrogen) atoms. The molecule has 2 rings (SSSR count). The highest BCUT2D eigenvalue weighted by Crippen LogP contribution is 2.35. The molecule has 1 saturated carbocycles. The molecule has 1 heterocycles. The average molecular weight is 261 g/mol. The summed E-state index contributed by atoms with van der Waals surface area (Å²) in [7, 11) is 0. The number of nitrogens with zero attached hydrogens (tertiary/aromatic N) is 1. The number of nitrogens with two attached hydrogens (primary N) is 1. The summed E-state index contributed by atoms with van der Waals surface area (Å²) in [4.78, 5) is 14.6. The first-order valence-corrected chi connectivity index (χ1v) is 6.67. The molecule has 0 aromatic carbocycles. The molecule has 1 aliphatic heterocycles. The third-order valence-corrected chi connectivity index (χ3v) is 4.49. The second kappa shape index (κ2) is 6.05. The van der Waals surface area contributed by atoms with Crippen molar-refractivity contribution in [1.82, 2.24) is 4.90 Å². The monoisotopic (exact) mass is 260 g/mol. The molecule has 0 radical (unpaired) electrons. The minimum absolute atomic E-state index is 0. The van der Waals surface area contributed by atoms with Crippen molar-refractivity contribution in [3.63, 3.8) is 0 Å². The predicted molar refractivity (Wildman–Crippen MR) is 72.1 cm³/mol. The van der Waals surface area contributed by atoms with Crippen LogP contribution in [0.1, 0.15) is 46.0 Å². The predicted octanol–water partition coefficient (Wildman–Crippen LogP) is 2.18. The van der Waals surface area contributed by atoms with Crippen LogP contribution in [0, 0.1) is 11.8 Å². The van der Waals surface area contributed by atoms with Gasteiger partial charge in [-0.3, -0.25) is 4.79 Å². The molecule has 1 amide bonds. The van der Waals surface area contributed by atoms with Gasteiger partial charge in [-0.15, -0.1) is 12.4 Å². The summed E-state index contributed by atoms with van der Waals surface area (Å²) in [5.41, 5.74) is 5.76. The van der Waals surface area contributed by atoms with Gasteiger partial charge in [0, 0.05) is 18.0 Å². The summed E-state index contributed by atoms with van der Waals surface area (Å²) in [5, 5.41) is 0. The Morgan fingerprint density at radius 3 is 2.29 bits per heavy atom. The van der Waals surface area contributed by atoms with Crippen LogP contribution in [0.4, 0.5) is 0 Å². The fourth-order valence-electron chi connectivity index (χ4n) is 3.46. The minimum atomic E-state index is 0. The molecule has 0 aromatic heterocycles. The lowest BCUT2D eigenvalue weighted by molar-refractivity contribution is -0.139. The maximum absolute atomic E-state index is 12.5. The smallest absolute Gasteiger partial charge is 0.226 e. The Morgan fingerprint density at radius 2 is 1.76 bits per heavy atom. The fourth-order valence-corrected chi connectivity index (χ4v) is 3.46. The molecular formula is C13H25ClN2O. The summed E-state index contributed by atoms with van der Waals surface area (Å²) >= 11 is 0. The number of amides is 1. The number of halogens is 1. The van der Waals surface area contributed by atoms with Crippen LogP contribution in [0.5, 0.6) is 0 Å². The van der Waals surface area contributed by atoms with E-state index in [4.69, 9.17) is 5.73 Å². The van der Waals surface area contributed by atoms with Gasteiger partial charge in [0.2, 0.25) is 5.91 Å². The van der Waals surface area contributed by atoms with Crippen LogP contribution < -0.4 is 5.73 Å². The third-order valence-electron chi connectivity index (χ3n) is 4.49. The first-order chi connectivity index (χ1) is 7.65. The average Bonchev–Trinajstić information content (AvgIpc) is 2.85. The van der Waals surface area contributed by atoms with Crippen LogP contribution in [0.2, 0.25) is 0 Å². The Balaban J connectivity index is 0.00000144. The van der Waals surface area contributed by atoms with Gasteiger partial charge in [0.1, 0.15) is 0 Å². The number of hydrogen-bond acceptors (Lipinski definition) is 2. The largest absolute Gasteiger partial charge is 0.337 e. The number of carbonyl (C=O) groups excluding carboxylic acids is 1. The molecule has 0 bridgehead atoms. The van der Waals surface area contributed by atoms with Gasteiger partial charge < -0.3 is 10.6 Å². The summed E-state index contributed by atoms with van der Waals surface area (Å²) in [6, 6.07) is 0.864. The van der Waals surface area contributed by atoms with Gasteiger partial charge in [-0.2, -0.15) is 0 Å². The molecule has 1 aliphatic carbocycles. The van der Waals surface area contributed by atoms with E-state index in [0.717, 1.165) is 25.7 Å². The Kier molecular flexibility index (Phi) is 5.26. The van der Waals surface area contributed by atoms with Crippen LogP contribution in [0.15, 0.2) is 0 Å². The molecule has 2 N–H and O–H groups in total. The third kappa shape index (κ3) is 2.76.